The molecule has 1 N–H and O–H groups in total. The molecule has 0 saturated carbocycles. The lowest BCUT2D eigenvalue weighted by Gasteiger charge is -2.05. The Hall–Kier alpha value is -0.720. The standard InChI is InChI=1S/C10H12BrNO3S/c1-12-6-9(13)7-3-4-10(8(11)5-7)16(2,14)15/h3-5,12H,6H2,1-2H3. The Morgan fingerprint density at radius 3 is 2.50 bits per heavy atom. The molecule has 1 rings (SSSR count). The van der Waals surface area contributed by atoms with Crippen molar-refractivity contribution in [3.63, 3.8) is 0 Å². The summed E-state index contributed by atoms with van der Waals surface area (Å²) in [5.41, 5.74) is 0.480. The van der Waals surface area contributed by atoms with Crippen LogP contribution < -0.4 is 5.32 Å². The van der Waals surface area contributed by atoms with Crippen molar-refractivity contribution in [3.05, 3.63) is 28.2 Å². The average Bonchev–Trinajstić information content (AvgIpc) is 2.16. The minimum Gasteiger partial charge on any atom is -0.313 e. The van der Waals surface area contributed by atoms with E-state index in [0.717, 1.165) is 6.26 Å². The molecule has 0 unspecified atom stereocenters. The van der Waals surface area contributed by atoms with E-state index < -0.39 is 9.84 Å². The number of hydrogen-bond acceptors (Lipinski definition) is 4. The summed E-state index contributed by atoms with van der Waals surface area (Å²) in [6.07, 6.45) is 1.13. The summed E-state index contributed by atoms with van der Waals surface area (Å²) in [5, 5.41) is 2.75. The van der Waals surface area contributed by atoms with Gasteiger partial charge in [-0.2, -0.15) is 0 Å². The zero-order chi connectivity index (χ0) is 12.3. The van der Waals surface area contributed by atoms with Crippen molar-refractivity contribution < 1.29 is 13.2 Å². The molecule has 1 aromatic rings. The Balaban J connectivity index is 3.14. The highest BCUT2D eigenvalue weighted by atomic mass is 79.9. The largest absolute Gasteiger partial charge is 0.313 e. The SMILES string of the molecule is CNCC(=O)c1ccc(S(C)(=O)=O)c(Br)c1. The number of benzene rings is 1. The molecule has 6 heteroatoms. The van der Waals surface area contributed by atoms with Gasteiger partial charge < -0.3 is 5.32 Å². The zero-order valence-corrected chi connectivity index (χ0v) is 11.4. The van der Waals surface area contributed by atoms with E-state index in [1.807, 2.05) is 0 Å². The van der Waals surface area contributed by atoms with Crippen molar-refractivity contribution in [1.82, 2.24) is 5.32 Å². The first kappa shape index (κ1) is 13.3. The first-order valence-corrected chi connectivity index (χ1v) is 7.22. The van der Waals surface area contributed by atoms with Gasteiger partial charge in [0, 0.05) is 16.3 Å². The fourth-order valence-electron chi connectivity index (χ4n) is 1.24. The van der Waals surface area contributed by atoms with Gasteiger partial charge in [-0.3, -0.25) is 4.79 Å². The molecule has 0 heterocycles. The lowest BCUT2D eigenvalue weighted by Crippen LogP contribution is -2.18. The average molecular weight is 306 g/mol. The molecule has 0 bridgehead atoms. The Kier molecular flexibility index (Phi) is 4.23. The molecule has 0 aliphatic carbocycles. The topological polar surface area (TPSA) is 63.2 Å². The van der Waals surface area contributed by atoms with Crippen LogP contribution in [0.4, 0.5) is 0 Å². The van der Waals surface area contributed by atoms with Crippen LogP contribution in [0.3, 0.4) is 0 Å². The number of carbonyl (C=O) groups excluding carboxylic acids is 1. The number of rotatable bonds is 4. The smallest absolute Gasteiger partial charge is 0.176 e. The third-order valence-corrected chi connectivity index (χ3v) is 4.06. The monoisotopic (exact) mass is 305 g/mol. The number of ketones is 1. The van der Waals surface area contributed by atoms with Crippen molar-refractivity contribution in [2.24, 2.45) is 0 Å². The van der Waals surface area contributed by atoms with E-state index in [0.29, 0.717) is 10.0 Å². The minimum absolute atomic E-state index is 0.0803. The van der Waals surface area contributed by atoms with Crippen LogP contribution >= 0.6 is 15.9 Å². The molecule has 4 nitrogen and oxygen atoms in total. The fraction of sp³-hybridized carbons (Fsp3) is 0.300. The van der Waals surface area contributed by atoms with E-state index in [1.165, 1.54) is 18.2 Å². The van der Waals surface area contributed by atoms with E-state index in [4.69, 9.17) is 0 Å². The van der Waals surface area contributed by atoms with Crippen molar-refractivity contribution in [1.29, 1.82) is 0 Å². The van der Waals surface area contributed by atoms with Gasteiger partial charge in [0.05, 0.1) is 11.4 Å². The Bertz CT molecular complexity index is 511. The van der Waals surface area contributed by atoms with Crippen molar-refractivity contribution in [2.75, 3.05) is 19.8 Å². The van der Waals surface area contributed by atoms with E-state index in [1.54, 1.807) is 7.05 Å². The molecular formula is C10H12BrNO3S. The van der Waals surface area contributed by atoms with Crippen LogP contribution in [0.5, 0.6) is 0 Å². The van der Waals surface area contributed by atoms with Crippen molar-refractivity contribution in [3.8, 4) is 0 Å². The van der Waals surface area contributed by atoms with E-state index in [-0.39, 0.29) is 17.2 Å². The molecule has 0 aliphatic rings. The summed E-state index contributed by atoms with van der Waals surface area (Å²) in [6, 6.07) is 4.47. The maximum Gasteiger partial charge on any atom is 0.176 e. The highest BCUT2D eigenvalue weighted by molar-refractivity contribution is 9.10. The van der Waals surface area contributed by atoms with Gasteiger partial charge in [0.2, 0.25) is 0 Å². The van der Waals surface area contributed by atoms with Gasteiger partial charge in [-0.25, -0.2) is 8.42 Å². The minimum atomic E-state index is -3.26. The number of Topliss-reactive ketones (excluding diaryl/α,β-unsaturated/α-hetero) is 1. The number of likely N-dealkylation sites (N-methyl/N-ethyl adjacent to an activating group) is 1. The second kappa shape index (κ2) is 5.07. The lowest BCUT2D eigenvalue weighted by molar-refractivity contribution is 0.0993. The third kappa shape index (κ3) is 3.13. The van der Waals surface area contributed by atoms with E-state index in [9.17, 15) is 13.2 Å². The fourth-order valence-corrected chi connectivity index (χ4v) is 3.23. The molecule has 0 saturated heterocycles. The molecule has 0 aromatic heterocycles. The molecule has 16 heavy (non-hydrogen) atoms. The maximum atomic E-state index is 11.5. The van der Waals surface area contributed by atoms with E-state index in [2.05, 4.69) is 21.2 Å². The van der Waals surface area contributed by atoms with E-state index >= 15 is 0 Å². The normalized spacial score (nSPS) is 11.4. The Morgan fingerprint density at radius 1 is 1.44 bits per heavy atom. The third-order valence-electron chi connectivity index (χ3n) is 1.99. The van der Waals surface area contributed by atoms with Crippen LogP contribution in [-0.4, -0.2) is 34.0 Å². The second-order valence-electron chi connectivity index (χ2n) is 3.37. The van der Waals surface area contributed by atoms with Crippen LogP contribution in [-0.2, 0) is 9.84 Å². The van der Waals surface area contributed by atoms with Gasteiger partial charge >= 0.3 is 0 Å². The summed E-state index contributed by atoms with van der Waals surface area (Å²) in [6.45, 7) is 0.227. The molecule has 0 fully saturated rings. The number of hydrogen-bond donors (Lipinski definition) is 1. The summed E-state index contributed by atoms with van der Waals surface area (Å²) in [5.74, 6) is -0.0803. The number of nitrogens with one attached hydrogen (secondary N) is 1. The van der Waals surface area contributed by atoms with Gasteiger partial charge in [-0.1, -0.05) is 0 Å². The van der Waals surface area contributed by atoms with Crippen LogP contribution in [0.15, 0.2) is 27.6 Å². The molecule has 0 aliphatic heterocycles. The van der Waals surface area contributed by atoms with Crippen LogP contribution in [0.2, 0.25) is 0 Å². The highest BCUT2D eigenvalue weighted by Gasteiger charge is 2.14. The first-order chi connectivity index (χ1) is 7.36. The van der Waals surface area contributed by atoms with Gasteiger partial charge in [0.1, 0.15) is 0 Å². The zero-order valence-electron chi connectivity index (χ0n) is 8.95. The Morgan fingerprint density at radius 2 is 2.06 bits per heavy atom. The van der Waals surface area contributed by atoms with Gasteiger partial charge in [0.15, 0.2) is 15.6 Å². The van der Waals surface area contributed by atoms with Crippen LogP contribution in [0.25, 0.3) is 0 Å². The summed E-state index contributed by atoms with van der Waals surface area (Å²) in [4.78, 5) is 11.7. The second-order valence-corrected chi connectivity index (χ2v) is 6.21. The van der Waals surface area contributed by atoms with Gasteiger partial charge in [0.25, 0.3) is 0 Å². The predicted molar refractivity (Wildman–Crippen MR) is 65.5 cm³/mol. The summed E-state index contributed by atoms with van der Waals surface area (Å²) in [7, 11) is -1.58. The quantitative estimate of drug-likeness (QED) is 0.851. The first-order valence-electron chi connectivity index (χ1n) is 4.53. The molecule has 0 amide bonds. The number of carbonyl (C=O) groups is 1. The molecule has 88 valence electrons. The molecule has 0 atom stereocenters. The summed E-state index contributed by atoms with van der Waals surface area (Å²) >= 11 is 3.15. The van der Waals surface area contributed by atoms with Crippen molar-refractivity contribution in [2.45, 2.75) is 4.90 Å². The molecule has 0 spiro atoms. The van der Waals surface area contributed by atoms with Gasteiger partial charge in [-0.05, 0) is 41.2 Å². The predicted octanol–water partition coefficient (Wildman–Crippen LogP) is 1.25. The van der Waals surface area contributed by atoms with Crippen LogP contribution in [0.1, 0.15) is 10.4 Å². The molecule has 0 radical (unpaired) electrons. The Labute approximate surface area is 103 Å². The number of halogens is 1. The van der Waals surface area contributed by atoms with Crippen molar-refractivity contribution >= 4 is 31.6 Å². The number of sulfone groups is 1. The lowest BCUT2D eigenvalue weighted by atomic mass is 10.1. The molecule has 1 aromatic carbocycles. The van der Waals surface area contributed by atoms with Crippen LogP contribution in [0, 0.1) is 0 Å². The highest BCUT2D eigenvalue weighted by Crippen LogP contribution is 2.23. The van der Waals surface area contributed by atoms with Gasteiger partial charge in [-0.15, -0.1) is 0 Å². The molecular weight excluding hydrogens is 294 g/mol. The maximum absolute atomic E-state index is 11.5. The summed E-state index contributed by atoms with van der Waals surface area (Å²) < 4.78 is 23.1.